The lowest BCUT2D eigenvalue weighted by atomic mass is 9.96. The Balaban J connectivity index is 1.80. The minimum Gasteiger partial charge on any atom is -0.481 e. The summed E-state index contributed by atoms with van der Waals surface area (Å²) in [7, 11) is 0. The van der Waals surface area contributed by atoms with Crippen molar-refractivity contribution < 1.29 is 19.8 Å². The van der Waals surface area contributed by atoms with E-state index in [0.29, 0.717) is 12.8 Å². The van der Waals surface area contributed by atoms with Crippen LogP contribution in [0.5, 0.6) is 0 Å². The van der Waals surface area contributed by atoms with Crippen LogP contribution >= 0.6 is 0 Å². The van der Waals surface area contributed by atoms with Crippen molar-refractivity contribution in [1.29, 1.82) is 0 Å². The molecule has 2 aliphatic rings. The largest absolute Gasteiger partial charge is 0.481 e. The minimum absolute atomic E-state index is 0.0132. The molecule has 0 spiro atoms. The SMILES string of the molecule is CCc1c2[nH]c(c1C)/C=c1/[nH]/c(c(C)c1CC)=C\c1[nH]c(c(CCC(=O)O)c1C)/C=C1\N[C@@H](C2)C(C)=C1CCC(=O)O. The maximum absolute atomic E-state index is 11.6. The Kier molecular flexibility index (Phi) is 8.08. The molecule has 0 saturated heterocycles. The number of aromatic amines is 3. The number of aromatic nitrogens is 3. The monoisotopic (exact) mass is 570 g/mol. The molecule has 0 aliphatic carbocycles. The van der Waals surface area contributed by atoms with Gasteiger partial charge < -0.3 is 30.5 Å². The zero-order valence-corrected chi connectivity index (χ0v) is 25.5. The van der Waals surface area contributed by atoms with Gasteiger partial charge in [-0.2, -0.15) is 0 Å². The van der Waals surface area contributed by atoms with Gasteiger partial charge in [-0.05, 0) is 116 Å². The summed E-state index contributed by atoms with van der Waals surface area (Å²) in [5.41, 5.74) is 14.2. The second kappa shape index (κ2) is 11.6. The van der Waals surface area contributed by atoms with Crippen LogP contribution in [0.3, 0.4) is 0 Å². The van der Waals surface area contributed by atoms with Gasteiger partial charge in [-0.1, -0.05) is 13.8 Å². The van der Waals surface area contributed by atoms with E-state index in [1.807, 2.05) is 6.92 Å². The van der Waals surface area contributed by atoms with Crippen molar-refractivity contribution in [3.05, 3.63) is 83.7 Å². The normalized spacial score (nSPS) is 19.0. The summed E-state index contributed by atoms with van der Waals surface area (Å²) in [6.07, 6.45) is 9.86. The summed E-state index contributed by atoms with van der Waals surface area (Å²) < 4.78 is 0. The summed E-state index contributed by atoms with van der Waals surface area (Å²) in [6.45, 7) is 12.8. The number of carboxylic acid groups (broad SMARTS) is 2. The second-order valence-corrected chi connectivity index (χ2v) is 11.6. The Hall–Kier alpha value is -4.20. The topological polar surface area (TPSA) is 134 Å². The third-order valence-electron chi connectivity index (χ3n) is 9.22. The van der Waals surface area contributed by atoms with Crippen LogP contribution in [-0.2, 0) is 35.3 Å². The Morgan fingerprint density at radius 3 is 2.02 bits per heavy atom. The van der Waals surface area contributed by atoms with Gasteiger partial charge in [0.25, 0.3) is 0 Å². The zero-order chi connectivity index (χ0) is 30.3. The van der Waals surface area contributed by atoms with Crippen molar-refractivity contribution in [2.24, 2.45) is 0 Å². The molecule has 0 saturated carbocycles. The van der Waals surface area contributed by atoms with Crippen LogP contribution < -0.4 is 16.0 Å². The maximum Gasteiger partial charge on any atom is 0.303 e. The predicted octanol–water partition coefficient (Wildman–Crippen LogP) is 4.45. The highest BCUT2D eigenvalue weighted by Crippen LogP contribution is 2.34. The van der Waals surface area contributed by atoms with Gasteiger partial charge in [-0.3, -0.25) is 9.59 Å². The third kappa shape index (κ3) is 5.38. The van der Waals surface area contributed by atoms with Crippen LogP contribution in [0.2, 0.25) is 0 Å². The molecule has 8 bridgehead atoms. The van der Waals surface area contributed by atoms with Crippen LogP contribution in [0.1, 0.15) is 96.2 Å². The molecule has 0 fully saturated rings. The molecular weight excluding hydrogens is 528 g/mol. The quantitative estimate of drug-likeness (QED) is 0.238. The summed E-state index contributed by atoms with van der Waals surface area (Å²) in [5.74, 6) is -1.66. The van der Waals surface area contributed by atoms with E-state index in [-0.39, 0.29) is 18.9 Å². The highest BCUT2D eigenvalue weighted by Gasteiger charge is 2.29. The summed E-state index contributed by atoms with van der Waals surface area (Å²) >= 11 is 0. The predicted molar refractivity (Wildman–Crippen MR) is 166 cm³/mol. The number of nitrogens with one attached hydrogen (secondary N) is 4. The van der Waals surface area contributed by atoms with Crippen LogP contribution in [0.25, 0.3) is 18.2 Å². The fraction of sp³-hybridized carbons (Fsp3) is 0.412. The smallest absolute Gasteiger partial charge is 0.303 e. The molecule has 0 radical (unpaired) electrons. The van der Waals surface area contributed by atoms with Gasteiger partial charge >= 0.3 is 11.9 Å². The molecule has 3 aromatic rings. The summed E-state index contributed by atoms with van der Waals surface area (Å²) in [6, 6.07) is 0.0132. The molecule has 42 heavy (non-hydrogen) atoms. The molecule has 5 rings (SSSR count). The van der Waals surface area contributed by atoms with E-state index in [9.17, 15) is 19.8 Å². The molecule has 0 amide bonds. The number of rotatable bonds is 8. The van der Waals surface area contributed by atoms with E-state index in [2.05, 4.69) is 73.1 Å². The Bertz CT molecular complexity index is 1760. The molecule has 8 nitrogen and oxygen atoms in total. The van der Waals surface area contributed by atoms with E-state index >= 15 is 0 Å². The average molecular weight is 571 g/mol. The molecule has 1 atom stereocenters. The fourth-order valence-corrected chi connectivity index (χ4v) is 6.76. The number of carboxylic acids is 2. The van der Waals surface area contributed by atoms with Crippen LogP contribution in [0, 0.1) is 20.8 Å². The highest BCUT2D eigenvalue weighted by atomic mass is 16.4. The average Bonchev–Trinajstić information content (AvgIpc) is 3.59. The number of hydrogen-bond acceptors (Lipinski definition) is 3. The molecule has 2 aliphatic heterocycles. The molecule has 0 aromatic carbocycles. The van der Waals surface area contributed by atoms with Gasteiger partial charge in [-0.15, -0.1) is 0 Å². The Morgan fingerprint density at radius 1 is 0.738 bits per heavy atom. The summed E-state index contributed by atoms with van der Waals surface area (Å²) in [5, 5.41) is 24.8. The molecular formula is C34H42N4O4. The van der Waals surface area contributed by atoms with Crippen molar-refractivity contribution in [3.8, 4) is 0 Å². The van der Waals surface area contributed by atoms with E-state index in [1.165, 1.54) is 27.9 Å². The fourth-order valence-electron chi connectivity index (χ4n) is 6.76. The number of allylic oxidation sites excluding steroid dienone is 1. The van der Waals surface area contributed by atoms with Crippen LogP contribution in [0.4, 0.5) is 0 Å². The number of carbonyl (C=O) groups is 2. The van der Waals surface area contributed by atoms with Crippen molar-refractivity contribution in [2.75, 3.05) is 0 Å². The first kappa shape index (κ1) is 29.3. The number of hydrogen-bond donors (Lipinski definition) is 6. The number of aliphatic carboxylic acids is 2. The maximum atomic E-state index is 11.6. The molecule has 222 valence electrons. The van der Waals surface area contributed by atoms with Gasteiger partial charge in [0.2, 0.25) is 0 Å². The van der Waals surface area contributed by atoms with Gasteiger partial charge in [0.15, 0.2) is 0 Å². The second-order valence-electron chi connectivity index (χ2n) is 11.6. The Labute approximate surface area is 246 Å². The zero-order valence-electron chi connectivity index (χ0n) is 25.5. The van der Waals surface area contributed by atoms with Crippen LogP contribution in [0.15, 0.2) is 16.8 Å². The first-order valence-electron chi connectivity index (χ1n) is 15.0. The third-order valence-corrected chi connectivity index (χ3v) is 9.22. The lowest BCUT2D eigenvalue weighted by molar-refractivity contribution is -0.138. The molecule has 5 heterocycles. The van der Waals surface area contributed by atoms with E-state index in [0.717, 1.165) is 75.0 Å². The van der Waals surface area contributed by atoms with Crippen LogP contribution in [-0.4, -0.2) is 43.1 Å². The number of H-pyrrole nitrogens is 3. The molecule has 6 N–H and O–H groups in total. The summed E-state index contributed by atoms with van der Waals surface area (Å²) in [4.78, 5) is 34.1. The lowest BCUT2D eigenvalue weighted by Crippen LogP contribution is -2.26. The molecule has 3 aromatic heterocycles. The number of fused-ring (bicyclic) bond motifs is 8. The van der Waals surface area contributed by atoms with Crippen molar-refractivity contribution in [1.82, 2.24) is 20.3 Å². The Morgan fingerprint density at radius 2 is 1.36 bits per heavy atom. The molecule has 8 heteroatoms. The molecule has 0 unspecified atom stereocenters. The van der Waals surface area contributed by atoms with E-state index in [1.54, 1.807) is 0 Å². The standard InChI is InChI=1S/C34H42N4O4/c1-7-21-17(3)25-13-26-19(5)23(9-11-33(39)40)31(37-26)16-32-24(10-12-34(41)42)20(6)28(38-32)15-30-22(8-2)18(4)27(36-30)14-29(21)35-25/h13-14,16,28,35-38H,7-12,15H2,1-6H3,(H,39,40)(H,41,42)/b25-13-,29-14+,32-16-/t28-/m0/s1. The van der Waals surface area contributed by atoms with Gasteiger partial charge in [-0.25, -0.2) is 0 Å². The van der Waals surface area contributed by atoms with E-state index in [4.69, 9.17) is 0 Å². The van der Waals surface area contributed by atoms with Gasteiger partial charge in [0.05, 0.1) is 6.04 Å². The first-order valence-corrected chi connectivity index (χ1v) is 15.0. The van der Waals surface area contributed by atoms with Crippen molar-refractivity contribution in [2.45, 2.75) is 92.5 Å². The van der Waals surface area contributed by atoms with Crippen molar-refractivity contribution in [3.63, 3.8) is 0 Å². The highest BCUT2D eigenvalue weighted by molar-refractivity contribution is 5.71. The van der Waals surface area contributed by atoms with Gasteiger partial charge in [0, 0.05) is 58.4 Å². The lowest BCUT2D eigenvalue weighted by Gasteiger charge is -2.15. The van der Waals surface area contributed by atoms with Crippen molar-refractivity contribution >= 4 is 30.2 Å². The first-order chi connectivity index (χ1) is 20.0. The van der Waals surface area contributed by atoms with E-state index < -0.39 is 11.9 Å². The minimum atomic E-state index is -0.838. The van der Waals surface area contributed by atoms with Gasteiger partial charge in [0.1, 0.15) is 0 Å².